The van der Waals surface area contributed by atoms with Crippen molar-refractivity contribution in [3.05, 3.63) is 12.2 Å². The number of hydrogen-bond acceptors (Lipinski definition) is 3. The molecule has 0 aromatic carbocycles. The number of allylic oxidation sites excluding steroid dienone is 1. The van der Waals surface area contributed by atoms with Gasteiger partial charge in [-0.1, -0.05) is 19.1 Å². The van der Waals surface area contributed by atoms with Gasteiger partial charge in [0.15, 0.2) is 0 Å². The topological polar surface area (TPSA) is 35.5 Å². The van der Waals surface area contributed by atoms with Gasteiger partial charge in [-0.2, -0.15) is 0 Å². The van der Waals surface area contributed by atoms with Crippen LogP contribution in [0.2, 0.25) is 0 Å². The Kier molecular flexibility index (Phi) is 7.52. The van der Waals surface area contributed by atoms with Crippen molar-refractivity contribution in [1.82, 2.24) is 0 Å². The van der Waals surface area contributed by atoms with Gasteiger partial charge in [0.05, 0.1) is 12.5 Å². The molecule has 3 nitrogen and oxygen atoms in total. The van der Waals surface area contributed by atoms with Crippen LogP contribution in [0.25, 0.3) is 0 Å². The van der Waals surface area contributed by atoms with Crippen molar-refractivity contribution in [1.29, 1.82) is 0 Å². The van der Waals surface area contributed by atoms with Crippen LogP contribution in [0.5, 0.6) is 0 Å². The third-order valence-electron chi connectivity index (χ3n) is 1.49. The summed E-state index contributed by atoms with van der Waals surface area (Å²) in [5.74, 6) is 0.0675. The first-order valence-corrected chi connectivity index (χ1v) is 5.11. The molecule has 0 fully saturated rings. The van der Waals surface area contributed by atoms with E-state index in [9.17, 15) is 4.79 Å². The summed E-state index contributed by atoms with van der Waals surface area (Å²) >= 11 is 5.55. The highest BCUT2D eigenvalue weighted by Crippen LogP contribution is 2.04. The predicted octanol–water partition coefficient (Wildman–Crippen LogP) is 2.34. The Balaban J connectivity index is 3.77. The Morgan fingerprint density at radius 3 is 2.64 bits per heavy atom. The zero-order valence-electron chi connectivity index (χ0n) is 8.83. The number of ether oxygens (including phenoxy) is 2. The molecule has 0 aromatic heterocycles. The highest BCUT2D eigenvalue weighted by Gasteiger charge is 2.11. The Morgan fingerprint density at radius 2 is 2.21 bits per heavy atom. The molecule has 0 radical (unpaired) electrons. The van der Waals surface area contributed by atoms with Crippen LogP contribution in [0.3, 0.4) is 0 Å². The highest BCUT2D eigenvalue weighted by molar-refractivity contribution is 6.18. The van der Waals surface area contributed by atoms with Gasteiger partial charge in [-0.05, 0) is 12.8 Å². The molecule has 0 N–H and O–H groups in total. The quantitative estimate of drug-likeness (QED) is 0.298. The van der Waals surface area contributed by atoms with E-state index in [0.717, 1.165) is 0 Å². The normalized spacial score (nSPS) is 15.4. The van der Waals surface area contributed by atoms with Crippen LogP contribution in [0, 0.1) is 5.92 Å². The first-order valence-electron chi connectivity index (χ1n) is 4.57. The molecule has 0 bridgehead atoms. The summed E-state index contributed by atoms with van der Waals surface area (Å²) in [7, 11) is 0. The largest absolute Gasteiger partial charge is 0.435 e. The fraction of sp³-hybridized carbons (Fsp3) is 0.700. The van der Waals surface area contributed by atoms with Gasteiger partial charge >= 0.3 is 5.97 Å². The Hall–Kier alpha value is -0.540. The summed E-state index contributed by atoms with van der Waals surface area (Å²) in [6, 6.07) is 0. The summed E-state index contributed by atoms with van der Waals surface area (Å²) in [6.07, 6.45) is 3.33. The maximum absolute atomic E-state index is 10.6. The summed E-state index contributed by atoms with van der Waals surface area (Å²) in [4.78, 5) is 10.6. The molecule has 0 aliphatic heterocycles. The zero-order chi connectivity index (χ0) is 11.0. The van der Waals surface area contributed by atoms with Gasteiger partial charge in [0.25, 0.3) is 0 Å². The average Bonchev–Trinajstić information content (AvgIpc) is 2.12. The second-order valence-corrected chi connectivity index (χ2v) is 3.34. The minimum atomic E-state index is -0.637. The van der Waals surface area contributed by atoms with Gasteiger partial charge in [0.1, 0.15) is 0 Å². The number of alkyl halides is 1. The van der Waals surface area contributed by atoms with Crippen molar-refractivity contribution >= 4 is 17.6 Å². The van der Waals surface area contributed by atoms with Crippen LogP contribution in [0.1, 0.15) is 20.8 Å². The van der Waals surface area contributed by atoms with E-state index in [0.29, 0.717) is 12.5 Å². The summed E-state index contributed by atoms with van der Waals surface area (Å²) in [5, 5.41) is 0. The molecule has 0 rings (SSSR count). The van der Waals surface area contributed by atoms with E-state index in [4.69, 9.17) is 21.1 Å². The van der Waals surface area contributed by atoms with Crippen molar-refractivity contribution in [3.8, 4) is 0 Å². The van der Waals surface area contributed by atoms with Crippen molar-refractivity contribution in [3.63, 3.8) is 0 Å². The molecule has 0 heterocycles. The lowest BCUT2D eigenvalue weighted by Gasteiger charge is -2.16. The van der Waals surface area contributed by atoms with Crippen LogP contribution in [-0.2, 0) is 14.3 Å². The number of rotatable bonds is 6. The maximum Gasteiger partial charge on any atom is 0.304 e. The lowest BCUT2D eigenvalue weighted by atomic mass is 10.2. The lowest BCUT2D eigenvalue weighted by molar-refractivity contribution is -0.172. The van der Waals surface area contributed by atoms with Gasteiger partial charge in [-0.15, -0.1) is 11.6 Å². The molecule has 2 unspecified atom stereocenters. The number of carbonyl (C=O) groups excluding carboxylic acids is 1. The average molecular weight is 221 g/mol. The second-order valence-electron chi connectivity index (χ2n) is 3.03. The molecule has 2 atom stereocenters. The molecule has 4 heteroatoms. The fourth-order valence-corrected chi connectivity index (χ4v) is 1.09. The zero-order valence-corrected chi connectivity index (χ0v) is 9.58. The van der Waals surface area contributed by atoms with Crippen LogP contribution in [0.15, 0.2) is 12.2 Å². The van der Waals surface area contributed by atoms with E-state index in [1.54, 1.807) is 0 Å². The van der Waals surface area contributed by atoms with E-state index < -0.39 is 6.29 Å². The molecule has 0 saturated heterocycles. The van der Waals surface area contributed by atoms with E-state index in [1.165, 1.54) is 6.92 Å². The molecule has 14 heavy (non-hydrogen) atoms. The second kappa shape index (κ2) is 7.83. The maximum atomic E-state index is 10.6. The molecule has 0 aliphatic rings. The smallest absolute Gasteiger partial charge is 0.304 e. The fourth-order valence-electron chi connectivity index (χ4n) is 0.938. The molecule has 0 saturated carbocycles. The third kappa shape index (κ3) is 6.92. The number of hydrogen-bond donors (Lipinski definition) is 0. The molecule has 0 spiro atoms. The van der Waals surface area contributed by atoms with Crippen molar-refractivity contribution in [2.45, 2.75) is 27.1 Å². The van der Waals surface area contributed by atoms with Crippen molar-refractivity contribution in [2.75, 3.05) is 12.5 Å². The standard InChI is InChI=1S/C10H17ClO3/c1-4-5-8(2)7-13-10(6-11)14-9(3)12/h4-5,8,10H,6-7H2,1-3H3/b5-4+. The van der Waals surface area contributed by atoms with Gasteiger partial charge in [-0.3, -0.25) is 4.79 Å². The highest BCUT2D eigenvalue weighted by atomic mass is 35.5. The van der Waals surface area contributed by atoms with E-state index in [2.05, 4.69) is 0 Å². The summed E-state index contributed by atoms with van der Waals surface area (Å²) in [6.45, 7) is 5.79. The van der Waals surface area contributed by atoms with Gasteiger partial charge in [0, 0.05) is 6.92 Å². The van der Waals surface area contributed by atoms with Crippen molar-refractivity contribution < 1.29 is 14.3 Å². The van der Waals surface area contributed by atoms with Crippen molar-refractivity contribution in [2.24, 2.45) is 5.92 Å². The van der Waals surface area contributed by atoms with E-state index in [-0.39, 0.29) is 11.8 Å². The molecule has 0 aromatic rings. The first kappa shape index (κ1) is 13.5. The van der Waals surface area contributed by atoms with E-state index in [1.807, 2.05) is 26.0 Å². The first-order chi connectivity index (χ1) is 6.60. The van der Waals surface area contributed by atoms with Crippen LogP contribution in [0.4, 0.5) is 0 Å². The number of esters is 1. The third-order valence-corrected chi connectivity index (χ3v) is 1.74. The van der Waals surface area contributed by atoms with Crippen LogP contribution >= 0.6 is 11.6 Å². The molecular weight excluding hydrogens is 204 g/mol. The molecule has 0 amide bonds. The summed E-state index contributed by atoms with van der Waals surface area (Å²) < 4.78 is 10.1. The van der Waals surface area contributed by atoms with Gasteiger partial charge in [0.2, 0.25) is 6.29 Å². The van der Waals surface area contributed by atoms with Crippen LogP contribution < -0.4 is 0 Å². The number of halogens is 1. The Morgan fingerprint density at radius 1 is 1.57 bits per heavy atom. The van der Waals surface area contributed by atoms with E-state index >= 15 is 0 Å². The molecule has 82 valence electrons. The minimum Gasteiger partial charge on any atom is -0.435 e. The SMILES string of the molecule is C/C=C/C(C)COC(CCl)OC(C)=O. The molecule has 0 aliphatic carbocycles. The predicted molar refractivity (Wildman–Crippen MR) is 56.2 cm³/mol. The lowest BCUT2D eigenvalue weighted by Crippen LogP contribution is -2.23. The monoisotopic (exact) mass is 220 g/mol. The van der Waals surface area contributed by atoms with Gasteiger partial charge in [-0.25, -0.2) is 0 Å². The Labute approximate surface area is 90.0 Å². The molecular formula is C10H17ClO3. The minimum absolute atomic E-state index is 0.155. The van der Waals surface area contributed by atoms with Gasteiger partial charge < -0.3 is 9.47 Å². The number of carbonyl (C=O) groups is 1. The van der Waals surface area contributed by atoms with Crippen LogP contribution in [-0.4, -0.2) is 24.7 Å². The Bertz CT molecular complexity index is 192. The summed E-state index contributed by atoms with van der Waals surface area (Å²) in [5.41, 5.74) is 0.